The number of benzene rings is 1. The van der Waals surface area contributed by atoms with Crippen LogP contribution < -0.4 is 5.32 Å². The molecule has 1 unspecified atom stereocenters. The summed E-state index contributed by atoms with van der Waals surface area (Å²) < 4.78 is 0. The smallest absolute Gasteiger partial charge is 0.292 e. The fourth-order valence-electron chi connectivity index (χ4n) is 1.55. The Balaban J connectivity index is 2.44. The van der Waals surface area contributed by atoms with E-state index in [0.717, 1.165) is 12.8 Å². The normalized spacial score (nSPS) is 12.1. The molecule has 0 radical (unpaired) electrons. The molecular formula is C12H18N2O3. The van der Waals surface area contributed by atoms with E-state index in [2.05, 4.69) is 5.32 Å². The van der Waals surface area contributed by atoms with Gasteiger partial charge in [0.2, 0.25) is 0 Å². The number of rotatable bonds is 7. The van der Waals surface area contributed by atoms with Gasteiger partial charge in [-0.15, -0.1) is 0 Å². The topological polar surface area (TPSA) is 75.4 Å². The predicted molar refractivity (Wildman–Crippen MR) is 67.1 cm³/mol. The number of nitrogens with zero attached hydrogens (tertiary/aromatic N) is 1. The second-order valence-corrected chi connectivity index (χ2v) is 4.13. The van der Waals surface area contributed by atoms with Gasteiger partial charge < -0.3 is 10.4 Å². The zero-order chi connectivity index (χ0) is 12.7. The molecule has 1 rings (SSSR count). The van der Waals surface area contributed by atoms with Crippen molar-refractivity contribution in [3.05, 3.63) is 34.4 Å². The summed E-state index contributed by atoms with van der Waals surface area (Å²) in [6.07, 6.45) is 1.79. The first kappa shape index (κ1) is 13.4. The van der Waals surface area contributed by atoms with Gasteiger partial charge in [0.15, 0.2) is 0 Å². The molecule has 0 spiro atoms. The van der Waals surface area contributed by atoms with Crippen molar-refractivity contribution in [3.8, 4) is 0 Å². The highest BCUT2D eigenvalue weighted by Crippen LogP contribution is 2.23. The summed E-state index contributed by atoms with van der Waals surface area (Å²) in [5, 5.41) is 22.7. The van der Waals surface area contributed by atoms with Crippen LogP contribution in [-0.2, 0) is 0 Å². The lowest BCUT2D eigenvalue weighted by Gasteiger charge is -2.09. The minimum absolute atomic E-state index is 0.0997. The lowest BCUT2D eigenvalue weighted by atomic mass is 10.1. The Hall–Kier alpha value is -1.62. The average molecular weight is 238 g/mol. The molecule has 1 aromatic rings. The third-order valence-electron chi connectivity index (χ3n) is 2.60. The molecule has 0 heterocycles. The van der Waals surface area contributed by atoms with Crippen LogP contribution in [0, 0.1) is 16.0 Å². The number of para-hydroxylation sites is 2. The van der Waals surface area contributed by atoms with Crippen molar-refractivity contribution in [2.24, 2.45) is 5.92 Å². The molecule has 0 aliphatic rings. The number of aliphatic hydroxyl groups is 1. The first-order chi connectivity index (χ1) is 8.15. The van der Waals surface area contributed by atoms with E-state index in [0.29, 0.717) is 12.2 Å². The molecule has 0 amide bonds. The third kappa shape index (κ3) is 4.40. The van der Waals surface area contributed by atoms with Gasteiger partial charge in [-0.3, -0.25) is 10.1 Å². The van der Waals surface area contributed by atoms with E-state index in [1.165, 1.54) is 6.07 Å². The van der Waals surface area contributed by atoms with E-state index in [-0.39, 0.29) is 18.2 Å². The molecular weight excluding hydrogens is 220 g/mol. The number of nitro benzene ring substituents is 1. The second-order valence-electron chi connectivity index (χ2n) is 4.13. The Morgan fingerprint density at radius 1 is 1.47 bits per heavy atom. The molecule has 17 heavy (non-hydrogen) atoms. The largest absolute Gasteiger partial charge is 0.396 e. The van der Waals surface area contributed by atoms with Crippen LogP contribution in [0.25, 0.3) is 0 Å². The molecule has 0 bridgehead atoms. The van der Waals surface area contributed by atoms with Gasteiger partial charge in [0, 0.05) is 19.2 Å². The van der Waals surface area contributed by atoms with Crippen molar-refractivity contribution in [2.45, 2.75) is 19.8 Å². The van der Waals surface area contributed by atoms with Crippen molar-refractivity contribution in [1.29, 1.82) is 0 Å². The van der Waals surface area contributed by atoms with Crippen LogP contribution in [0.4, 0.5) is 11.4 Å². The van der Waals surface area contributed by atoms with Crippen molar-refractivity contribution < 1.29 is 10.0 Å². The molecule has 94 valence electrons. The molecule has 5 nitrogen and oxygen atoms in total. The van der Waals surface area contributed by atoms with E-state index in [1.54, 1.807) is 18.2 Å². The maximum Gasteiger partial charge on any atom is 0.292 e. The summed E-state index contributed by atoms with van der Waals surface area (Å²) in [4.78, 5) is 10.4. The van der Waals surface area contributed by atoms with Gasteiger partial charge in [0.05, 0.1) is 4.92 Å². The molecule has 0 saturated carbocycles. The van der Waals surface area contributed by atoms with Crippen molar-refractivity contribution >= 4 is 11.4 Å². The lowest BCUT2D eigenvalue weighted by Crippen LogP contribution is -2.07. The number of hydrogen-bond acceptors (Lipinski definition) is 4. The number of anilines is 1. The Labute approximate surface area is 101 Å². The summed E-state index contributed by atoms with van der Waals surface area (Å²) in [6, 6.07) is 6.61. The van der Waals surface area contributed by atoms with Crippen LogP contribution in [0.15, 0.2) is 24.3 Å². The summed E-state index contributed by atoms with van der Waals surface area (Å²) in [5.74, 6) is 0.280. The third-order valence-corrected chi connectivity index (χ3v) is 2.60. The maximum absolute atomic E-state index is 10.7. The number of nitrogens with one attached hydrogen (secondary N) is 1. The van der Waals surface area contributed by atoms with Crippen molar-refractivity contribution in [3.63, 3.8) is 0 Å². The van der Waals surface area contributed by atoms with Crippen molar-refractivity contribution in [2.75, 3.05) is 18.5 Å². The van der Waals surface area contributed by atoms with Crippen LogP contribution in [0.3, 0.4) is 0 Å². The van der Waals surface area contributed by atoms with Crippen LogP contribution in [0.2, 0.25) is 0 Å². The van der Waals surface area contributed by atoms with Crippen LogP contribution in [0.5, 0.6) is 0 Å². The van der Waals surface area contributed by atoms with E-state index < -0.39 is 4.92 Å². The summed E-state index contributed by atoms with van der Waals surface area (Å²) in [7, 11) is 0. The van der Waals surface area contributed by atoms with E-state index in [1.807, 2.05) is 6.92 Å². The van der Waals surface area contributed by atoms with Gasteiger partial charge in [-0.25, -0.2) is 0 Å². The molecule has 0 fully saturated rings. The van der Waals surface area contributed by atoms with Gasteiger partial charge in [0.25, 0.3) is 5.69 Å². The SMILES string of the molecule is CC(CO)CCCNc1ccccc1[N+](=O)[O-]. The van der Waals surface area contributed by atoms with Gasteiger partial charge in [-0.1, -0.05) is 19.1 Å². The highest BCUT2D eigenvalue weighted by molar-refractivity contribution is 5.60. The Kier molecular flexibility index (Phi) is 5.42. The number of nitro groups is 1. The first-order valence-electron chi connectivity index (χ1n) is 5.73. The Morgan fingerprint density at radius 3 is 2.82 bits per heavy atom. The highest BCUT2D eigenvalue weighted by Gasteiger charge is 2.11. The number of hydrogen-bond donors (Lipinski definition) is 2. The fourth-order valence-corrected chi connectivity index (χ4v) is 1.55. The molecule has 0 aliphatic carbocycles. The molecule has 0 aromatic heterocycles. The lowest BCUT2D eigenvalue weighted by molar-refractivity contribution is -0.384. The van der Waals surface area contributed by atoms with Crippen LogP contribution >= 0.6 is 0 Å². The highest BCUT2D eigenvalue weighted by atomic mass is 16.6. The van der Waals surface area contributed by atoms with Crippen molar-refractivity contribution in [1.82, 2.24) is 0 Å². The fraction of sp³-hybridized carbons (Fsp3) is 0.500. The molecule has 0 saturated heterocycles. The van der Waals surface area contributed by atoms with Gasteiger partial charge in [-0.05, 0) is 24.8 Å². The first-order valence-corrected chi connectivity index (χ1v) is 5.73. The van der Waals surface area contributed by atoms with Gasteiger partial charge in [0.1, 0.15) is 5.69 Å². The average Bonchev–Trinajstić information content (AvgIpc) is 2.34. The van der Waals surface area contributed by atoms with E-state index in [4.69, 9.17) is 5.11 Å². The predicted octanol–water partition coefficient (Wildman–Crippen LogP) is 2.42. The molecule has 1 atom stereocenters. The van der Waals surface area contributed by atoms with E-state index >= 15 is 0 Å². The van der Waals surface area contributed by atoms with Gasteiger partial charge in [-0.2, -0.15) is 0 Å². The Bertz CT molecular complexity index is 369. The Morgan fingerprint density at radius 2 is 2.18 bits per heavy atom. The standard InChI is InChI=1S/C12H18N2O3/c1-10(9-15)5-4-8-13-11-6-2-3-7-12(11)14(16)17/h2-3,6-7,10,13,15H,4-5,8-9H2,1H3. The van der Waals surface area contributed by atoms with Crippen LogP contribution in [-0.4, -0.2) is 23.2 Å². The molecule has 5 heteroatoms. The monoisotopic (exact) mass is 238 g/mol. The minimum atomic E-state index is -0.390. The summed E-state index contributed by atoms with van der Waals surface area (Å²) in [6.45, 7) is 2.84. The molecule has 1 aromatic carbocycles. The summed E-state index contributed by atoms with van der Waals surface area (Å²) in [5.41, 5.74) is 0.650. The quantitative estimate of drug-likeness (QED) is 0.434. The molecule has 0 aliphatic heterocycles. The number of aliphatic hydroxyl groups excluding tert-OH is 1. The van der Waals surface area contributed by atoms with Crippen LogP contribution in [0.1, 0.15) is 19.8 Å². The van der Waals surface area contributed by atoms with Gasteiger partial charge >= 0.3 is 0 Å². The zero-order valence-corrected chi connectivity index (χ0v) is 9.93. The molecule has 2 N–H and O–H groups in total. The minimum Gasteiger partial charge on any atom is -0.396 e. The maximum atomic E-state index is 10.7. The summed E-state index contributed by atoms with van der Waals surface area (Å²) >= 11 is 0. The van der Waals surface area contributed by atoms with E-state index in [9.17, 15) is 10.1 Å². The second kappa shape index (κ2) is 6.85. The zero-order valence-electron chi connectivity index (χ0n) is 9.93.